The van der Waals surface area contributed by atoms with Crippen molar-refractivity contribution in [1.29, 1.82) is 5.26 Å². The van der Waals surface area contributed by atoms with Crippen molar-refractivity contribution in [3.05, 3.63) is 22.4 Å². The van der Waals surface area contributed by atoms with E-state index in [-0.39, 0.29) is 16.0 Å². The van der Waals surface area contributed by atoms with Crippen LogP contribution in [0, 0.1) is 17.2 Å². The molecule has 2 aliphatic heterocycles. The molecule has 0 bridgehead atoms. The Bertz CT molecular complexity index is 549. The number of thioether (sulfide) groups is 1. The first-order valence-corrected chi connectivity index (χ1v) is 7.84. The van der Waals surface area contributed by atoms with Crippen molar-refractivity contribution < 1.29 is 9.90 Å². The Balaban J connectivity index is 1.86. The summed E-state index contributed by atoms with van der Waals surface area (Å²) in [5, 5.41) is 21.4. The molecule has 2 fully saturated rings. The number of hydrogen-bond donors (Lipinski definition) is 1. The number of nitrogens with zero attached hydrogens (tertiary/aromatic N) is 2. The van der Waals surface area contributed by atoms with E-state index < -0.39 is 18.1 Å². The molecule has 0 radical (unpaired) electrons. The van der Waals surface area contributed by atoms with Crippen molar-refractivity contribution in [3.8, 4) is 6.07 Å². The molecule has 3 rings (SSSR count). The molecule has 2 saturated heterocycles. The van der Waals surface area contributed by atoms with E-state index in [9.17, 15) is 15.2 Å². The maximum absolute atomic E-state index is 12.2. The predicted molar refractivity (Wildman–Crippen MR) is 74.5 cm³/mol. The number of carbonyl (C=O) groups is 1. The van der Waals surface area contributed by atoms with Gasteiger partial charge in [0, 0.05) is 9.62 Å². The highest BCUT2D eigenvalue weighted by molar-refractivity contribution is 8.01. The van der Waals surface area contributed by atoms with Crippen LogP contribution in [-0.2, 0) is 4.79 Å². The number of rotatable bonds is 2. The Morgan fingerprint density at radius 2 is 2.32 bits per heavy atom. The highest BCUT2D eigenvalue weighted by atomic mass is 32.2. The Morgan fingerprint density at radius 3 is 2.89 bits per heavy atom. The lowest BCUT2D eigenvalue weighted by atomic mass is 9.88. The molecule has 1 unspecified atom stereocenters. The molecule has 0 aliphatic carbocycles. The normalized spacial score (nSPS) is 33.5. The first-order chi connectivity index (χ1) is 8.97. The summed E-state index contributed by atoms with van der Waals surface area (Å²) in [6, 6.07) is 5.53. The van der Waals surface area contributed by atoms with E-state index in [1.54, 1.807) is 16.7 Å². The molecule has 1 aromatic rings. The fourth-order valence-corrected chi connectivity index (χ4v) is 5.20. The van der Waals surface area contributed by atoms with E-state index in [0.29, 0.717) is 0 Å². The van der Waals surface area contributed by atoms with Gasteiger partial charge < -0.3 is 10.0 Å². The van der Waals surface area contributed by atoms with E-state index in [2.05, 4.69) is 6.07 Å². The Kier molecular flexibility index (Phi) is 2.89. The Morgan fingerprint density at radius 1 is 1.58 bits per heavy atom. The van der Waals surface area contributed by atoms with Gasteiger partial charge in [0.25, 0.3) is 0 Å². The summed E-state index contributed by atoms with van der Waals surface area (Å²) < 4.78 is -0.279. The molecule has 3 heterocycles. The van der Waals surface area contributed by atoms with E-state index in [0.717, 1.165) is 4.88 Å². The third-order valence-corrected chi connectivity index (χ3v) is 6.31. The molecule has 4 nitrogen and oxygen atoms in total. The topological polar surface area (TPSA) is 64.3 Å². The highest BCUT2D eigenvalue weighted by Gasteiger charge is 2.63. The maximum atomic E-state index is 12.2. The van der Waals surface area contributed by atoms with Crippen LogP contribution in [0.25, 0.3) is 0 Å². The molecule has 6 heteroatoms. The highest BCUT2D eigenvalue weighted by Crippen LogP contribution is 2.55. The van der Waals surface area contributed by atoms with Gasteiger partial charge in [0.2, 0.25) is 5.91 Å². The largest absolute Gasteiger partial charge is 0.387 e. The molecule has 0 aromatic carbocycles. The number of carbonyl (C=O) groups excluding carboxylic acids is 1. The van der Waals surface area contributed by atoms with Crippen LogP contribution in [0.5, 0.6) is 0 Å². The number of β-lactam (4-membered cyclic amide) rings is 1. The van der Waals surface area contributed by atoms with E-state index >= 15 is 0 Å². The van der Waals surface area contributed by atoms with Gasteiger partial charge in [-0.25, -0.2) is 0 Å². The van der Waals surface area contributed by atoms with Gasteiger partial charge in [-0.05, 0) is 25.3 Å². The van der Waals surface area contributed by atoms with Crippen LogP contribution >= 0.6 is 23.1 Å². The molecule has 19 heavy (non-hydrogen) atoms. The van der Waals surface area contributed by atoms with Gasteiger partial charge in [0.1, 0.15) is 12.1 Å². The second kappa shape index (κ2) is 4.23. The lowest BCUT2D eigenvalue weighted by Crippen LogP contribution is -2.61. The SMILES string of the molecule is CC1(C)S[C@H]2[C@@H](C(O)c3cccs3)C(=O)N2[C@H]1C#N. The Labute approximate surface area is 120 Å². The zero-order chi connectivity index (χ0) is 13.8. The monoisotopic (exact) mass is 294 g/mol. The van der Waals surface area contributed by atoms with Crippen molar-refractivity contribution in [2.75, 3.05) is 0 Å². The van der Waals surface area contributed by atoms with Gasteiger partial charge in [-0.2, -0.15) is 5.26 Å². The minimum Gasteiger partial charge on any atom is -0.387 e. The van der Waals surface area contributed by atoms with Gasteiger partial charge >= 0.3 is 0 Å². The van der Waals surface area contributed by atoms with Gasteiger partial charge in [0.15, 0.2) is 0 Å². The second-order valence-electron chi connectivity index (χ2n) is 5.38. The maximum Gasteiger partial charge on any atom is 0.233 e. The standard InChI is InChI=1S/C13H14N2O2S2/c1-13(2)8(6-14)15-11(17)9(12(15)19-13)10(16)7-4-3-5-18-7/h3-5,8-10,12,16H,1-2H3/t8-,9-,10?,12-/m0/s1. The molecule has 1 aromatic heterocycles. The number of aliphatic hydroxyl groups excluding tert-OH is 1. The van der Waals surface area contributed by atoms with Crippen molar-refractivity contribution in [1.82, 2.24) is 4.90 Å². The zero-order valence-electron chi connectivity index (χ0n) is 10.6. The van der Waals surface area contributed by atoms with Crippen LogP contribution in [0.3, 0.4) is 0 Å². The number of aliphatic hydroxyl groups is 1. The number of thiophene rings is 1. The summed E-state index contributed by atoms with van der Waals surface area (Å²) >= 11 is 3.07. The van der Waals surface area contributed by atoms with Gasteiger partial charge in [0.05, 0.1) is 17.4 Å². The molecular weight excluding hydrogens is 280 g/mol. The summed E-state index contributed by atoms with van der Waals surface area (Å²) in [6.07, 6.45) is -0.755. The number of hydrogen-bond acceptors (Lipinski definition) is 5. The van der Waals surface area contributed by atoms with E-state index in [1.807, 2.05) is 31.4 Å². The number of nitriles is 1. The lowest BCUT2D eigenvalue weighted by molar-refractivity contribution is -0.158. The summed E-state index contributed by atoms with van der Waals surface area (Å²) in [4.78, 5) is 14.7. The molecule has 1 N–H and O–H groups in total. The first-order valence-electron chi connectivity index (χ1n) is 6.08. The van der Waals surface area contributed by atoms with Gasteiger partial charge in [-0.3, -0.25) is 4.79 Å². The van der Waals surface area contributed by atoms with Crippen LogP contribution in [-0.4, -0.2) is 32.1 Å². The summed E-state index contributed by atoms with van der Waals surface area (Å²) in [6.45, 7) is 3.96. The van der Waals surface area contributed by atoms with Crippen LogP contribution < -0.4 is 0 Å². The predicted octanol–water partition coefficient (Wildman–Crippen LogP) is 1.98. The Hall–Kier alpha value is -1.03. The smallest absolute Gasteiger partial charge is 0.233 e. The van der Waals surface area contributed by atoms with Crippen molar-refractivity contribution in [3.63, 3.8) is 0 Å². The third-order valence-electron chi connectivity index (χ3n) is 3.78. The first kappa shape index (κ1) is 13.0. The lowest BCUT2D eigenvalue weighted by Gasteiger charge is -2.44. The van der Waals surface area contributed by atoms with E-state index in [4.69, 9.17) is 0 Å². The minimum absolute atomic E-state index is 0.0794. The molecule has 1 amide bonds. The van der Waals surface area contributed by atoms with Gasteiger partial charge in [-0.1, -0.05) is 6.07 Å². The summed E-state index contributed by atoms with van der Waals surface area (Å²) in [7, 11) is 0. The molecule has 0 saturated carbocycles. The van der Waals surface area contributed by atoms with Crippen LogP contribution in [0.1, 0.15) is 24.8 Å². The third kappa shape index (κ3) is 1.72. The minimum atomic E-state index is -0.755. The fraction of sp³-hybridized carbons (Fsp3) is 0.538. The average Bonchev–Trinajstić information content (AvgIpc) is 2.94. The number of fused-ring (bicyclic) bond motifs is 1. The van der Waals surface area contributed by atoms with Crippen LogP contribution in [0.2, 0.25) is 0 Å². The van der Waals surface area contributed by atoms with Crippen LogP contribution in [0.15, 0.2) is 17.5 Å². The summed E-state index contributed by atoms with van der Waals surface area (Å²) in [5.74, 6) is -0.517. The molecule has 100 valence electrons. The van der Waals surface area contributed by atoms with Crippen LogP contribution in [0.4, 0.5) is 0 Å². The molecule has 4 atom stereocenters. The molecule has 0 spiro atoms. The second-order valence-corrected chi connectivity index (χ2v) is 8.13. The molecular formula is C13H14N2O2S2. The van der Waals surface area contributed by atoms with E-state index in [1.165, 1.54) is 11.3 Å². The summed E-state index contributed by atoms with van der Waals surface area (Å²) in [5.41, 5.74) is 0. The zero-order valence-corrected chi connectivity index (χ0v) is 12.2. The van der Waals surface area contributed by atoms with Crippen molar-refractivity contribution in [2.45, 2.75) is 36.1 Å². The fourth-order valence-electron chi connectivity index (χ4n) is 2.77. The average molecular weight is 294 g/mol. The van der Waals surface area contributed by atoms with Crippen molar-refractivity contribution in [2.24, 2.45) is 5.92 Å². The van der Waals surface area contributed by atoms with Crippen molar-refractivity contribution >= 4 is 29.0 Å². The number of amides is 1. The molecule has 2 aliphatic rings. The quantitative estimate of drug-likeness (QED) is 0.847. The van der Waals surface area contributed by atoms with Gasteiger partial charge in [-0.15, -0.1) is 23.1 Å².